The van der Waals surface area contributed by atoms with Gasteiger partial charge in [-0.05, 0) is 12.5 Å². The monoisotopic (exact) mass is 287 g/mol. The summed E-state index contributed by atoms with van der Waals surface area (Å²) in [6.45, 7) is 0.382. The van der Waals surface area contributed by atoms with E-state index in [2.05, 4.69) is 10.6 Å². The Balaban J connectivity index is 0.00000180. The van der Waals surface area contributed by atoms with Gasteiger partial charge in [-0.15, -0.1) is 12.4 Å². The number of nitro benzene ring substituents is 1. The summed E-state index contributed by atoms with van der Waals surface area (Å²) in [4.78, 5) is 21.9. The summed E-state index contributed by atoms with van der Waals surface area (Å²) < 4.78 is 0. The van der Waals surface area contributed by atoms with Crippen LogP contribution in [0.5, 0.6) is 0 Å². The van der Waals surface area contributed by atoms with Crippen LogP contribution in [0.1, 0.15) is 6.42 Å². The first-order chi connectivity index (χ1) is 8.56. The maximum absolute atomic E-state index is 11.8. The van der Waals surface area contributed by atoms with Gasteiger partial charge >= 0.3 is 0 Å². The number of carbonyl (C=O) groups excluding carboxylic acids is 1. The Labute approximate surface area is 115 Å². The molecule has 1 aliphatic heterocycles. The van der Waals surface area contributed by atoms with Gasteiger partial charge in [-0.2, -0.15) is 0 Å². The van der Waals surface area contributed by atoms with Crippen molar-refractivity contribution in [2.24, 2.45) is 0 Å². The topological polar surface area (TPSA) is 104 Å². The largest absolute Gasteiger partial charge is 0.392 e. The zero-order valence-corrected chi connectivity index (χ0v) is 10.7. The van der Waals surface area contributed by atoms with Gasteiger partial charge in [0.05, 0.1) is 17.1 Å². The van der Waals surface area contributed by atoms with Gasteiger partial charge < -0.3 is 15.7 Å². The predicted molar refractivity (Wildman–Crippen MR) is 71.4 cm³/mol. The predicted octanol–water partition coefficient (Wildman–Crippen LogP) is 0.678. The average Bonchev–Trinajstić information content (AvgIpc) is 2.76. The minimum absolute atomic E-state index is 0. The number of carbonyl (C=O) groups is 1. The minimum atomic E-state index is -0.522. The van der Waals surface area contributed by atoms with Gasteiger partial charge in [0.1, 0.15) is 0 Å². The molecular weight excluding hydrogens is 274 g/mol. The molecule has 1 aliphatic rings. The fourth-order valence-electron chi connectivity index (χ4n) is 1.84. The Hall–Kier alpha value is -1.70. The molecule has 0 aliphatic carbocycles. The first-order valence-corrected chi connectivity index (χ1v) is 5.53. The Morgan fingerprint density at radius 1 is 1.53 bits per heavy atom. The van der Waals surface area contributed by atoms with Gasteiger partial charge in [-0.1, -0.05) is 6.07 Å². The van der Waals surface area contributed by atoms with Crippen molar-refractivity contribution < 1.29 is 14.8 Å². The molecule has 19 heavy (non-hydrogen) atoms. The van der Waals surface area contributed by atoms with Crippen LogP contribution >= 0.6 is 12.4 Å². The summed E-state index contributed by atoms with van der Waals surface area (Å²) in [6, 6.07) is 5.27. The van der Waals surface area contributed by atoms with Gasteiger partial charge in [0.15, 0.2) is 0 Å². The number of halogens is 1. The van der Waals surface area contributed by atoms with Crippen molar-refractivity contribution in [1.29, 1.82) is 0 Å². The molecule has 0 radical (unpaired) electrons. The van der Waals surface area contributed by atoms with Gasteiger partial charge in [0.25, 0.3) is 5.69 Å². The molecule has 0 bridgehead atoms. The molecular formula is C11H14ClN3O4. The second-order valence-corrected chi connectivity index (χ2v) is 4.15. The zero-order chi connectivity index (χ0) is 13.1. The number of anilines is 1. The minimum Gasteiger partial charge on any atom is -0.392 e. The molecule has 3 N–H and O–H groups in total. The van der Waals surface area contributed by atoms with Crippen LogP contribution in [0, 0.1) is 10.1 Å². The molecule has 1 fully saturated rings. The molecule has 7 nitrogen and oxygen atoms in total. The normalized spacial score (nSPS) is 21.5. The zero-order valence-electron chi connectivity index (χ0n) is 9.91. The number of β-amino-alcohol motifs (C(OH)–C–C–N with tert-alkyl or cyclic N) is 1. The summed E-state index contributed by atoms with van der Waals surface area (Å²) in [7, 11) is 0. The third-order valence-electron chi connectivity index (χ3n) is 2.75. The fraction of sp³-hybridized carbons (Fsp3) is 0.364. The third-order valence-corrected chi connectivity index (χ3v) is 2.75. The highest BCUT2D eigenvalue weighted by atomic mass is 35.5. The smallest absolute Gasteiger partial charge is 0.271 e. The van der Waals surface area contributed by atoms with Crippen molar-refractivity contribution in [3.8, 4) is 0 Å². The number of nitrogens with zero attached hydrogens (tertiary/aromatic N) is 1. The van der Waals surface area contributed by atoms with E-state index in [9.17, 15) is 20.0 Å². The number of aliphatic hydroxyl groups excluding tert-OH is 1. The van der Waals surface area contributed by atoms with E-state index in [4.69, 9.17) is 0 Å². The maximum Gasteiger partial charge on any atom is 0.271 e. The molecule has 1 saturated heterocycles. The van der Waals surface area contributed by atoms with Crippen LogP contribution in [0.15, 0.2) is 24.3 Å². The third kappa shape index (κ3) is 3.88. The summed E-state index contributed by atoms with van der Waals surface area (Å²) >= 11 is 0. The highest BCUT2D eigenvalue weighted by molar-refractivity contribution is 5.95. The van der Waals surface area contributed by atoms with Gasteiger partial charge in [-0.25, -0.2) is 0 Å². The number of non-ortho nitro benzene ring substituents is 1. The van der Waals surface area contributed by atoms with E-state index in [0.29, 0.717) is 18.7 Å². The Kier molecular flexibility index (Phi) is 5.22. The highest BCUT2D eigenvalue weighted by Crippen LogP contribution is 2.18. The Morgan fingerprint density at radius 3 is 2.84 bits per heavy atom. The highest BCUT2D eigenvalue weighted by Gasteiger charge is 2.28. The molecule has 2 unspecified atom stereocenters. The van der Waals surface area contributed by atoms with Crippen LogP contribution in [0.2, 0.25) is 0 Å². The van der Waals surface area contributed by atoms with Crippen molar-refractivity contribution in [2.75, 3.05) is 11.9 Å². The van der Waals surface area contributed by atoms with Crippen molar-refractivity contribution in [2.45, 2.75) is 18.6 Å². The van der Waals surface area contributed by atoms with E-state index >= 15 is 0 Å². The number of rotatable bonds is 3. The molecule has 1 aromatic rings. The Bertz CT molecular complexity index is 483. The lowest BCUT2D eigenvalue weighted by Crippen LogP contribution is -2.35. The van der Waals surface area contributed by atoms with Crippen LogP contribution < -0.4 is 10.6 Å². The van der Waals surface area contributed by atoms with Crippen molar-refractivity contribution >= 4 is 29.7 Å². The number of nitrogens with one attached hydrogen (secondary N) is 2. The Morgan fingerprint density at radius 2 is 2.26 bits per heavy atom. The summed E-state index contributed by atoms with van der Waals surface area (Å²) in [5, 5.41) is 25.3. The van der Waals surface area contributed by atoms with Gasteiger partial charge in [0.2, 0.25) is 5.91 Å². The van der Waals surface area contributed by atoms with Crippen molar-refractivity contribution in [1.82, 2.24) is 5.32 Å². The number of hydrogen-bond donors (Lipinski definition) is 3. The molecule has 8 heteroatoms. The maximum atomic E-state index is 11.8. The summed E-state index contributed by atoms with van der Waals surface area (Å²) in [5.41, 5.74) is 0.296. The van der Waals surface area contributed by atoms with E-state index in [0.717, 1.165) is 0 Å². The van der Waals surface area contributed by atoms with E-state index in [-0.39, 0.29) is 24.0 Å². The van der Waals surface area contributed by atoms with Crippen molar-refractivity contribution in [3.05, 3.63) is 34.4 Å². The SMILES string of the molecule is Cl.O=C(Nc1cccc([N+](=O)[O-])c1)C1CC(O)CN1. The average molecular weight is 288 g/mol. The summed E-state index contributed by atoms with van der Waals surface area (Å²) in [6.07, 6.45) is -0.174. The quantitative estimate of drug-likeness (QED) is 0.560. The summed E-state index contributed by atoms with van der Waals surface area (Å²) in [5.74, 6) is -0.299. The van der Waals surface area contributed by atoms with Crippen LogP contribution in [-0.4, -0.2) is 34.6 Å². The fourth-order valence-corrected chi connectivity index (χ4v) is 1.84. The molecule has 104 valence electrons. The number of nitro groups is 1. The number of benzene rings is 1. The van der Waals surface area contributed by atoms with Crippen LogP contribution in [0.25, 0.3) is 0 Å². The van der Waals surface area contributed by atoms with Crippen molar-refractivity contribution in [3.63, 3.8) is 0 Å². The first kappa shape index (κ1) is 15.4. The van der Waals surface area contributed by atoms with Crippen LogP contribution in [0.4, 0.5) is 11.4 Å². The second kappa shape index (κ2) is 6.46. The van der Waals surface area contributed by atoms with E-state index < -0.39 is 17.1 Å². The van der Waals surface area contributed by atoms with Crippen LogP contribution in [-0.2, 0) is 4.79 Å². The van der Waals surface area contributed by atoms with Crippen LogP contribution in [0.3, 0.4) is 0 Å². The molecule has 1 aromatic carbocycles. The molecule has 2 atom stereocenters. The lowest BCUT2D eigenvalue weighted by atomic mass is 10.2. The first-order valence-electron chi connectivity index (χ1n) is 5.53. The van der Waals surface area contributed by atoms with E-state index in [1.807, 2.05) is 0 Å². The molecule has 0 saturated carbocycles. The molecule has 0 spiro atoms. The van der Waals surface area contributed by atoms with E-state index in [1.54, 1.807) is 6.07 Å². The molecule has 2 rings (SSSR count). The molecule has 0 aromatic heterocycles. The lowest BCUT2D eigenvalue weighted by Gasteiger charge is -2.10. The molecule has 1 amide bonds. The number of amides is 1. The standard InChI is InChI=1S/C11H13N3O4.ClH/c15-9-5-10(12-6-9)11(16)13-7-2-1-3-8(4-7)14(17)18;/h1-4,9-10,12,15H,5-6H2,(H,13,16);1H. The van der Waals surface area contributed by atoms with E-state index in [1.165, 1.54) is 18.2 Å². The lowest BCUT2D eigenvalue weighted by molar-refractivity contribution is -0.384. The van der Waals surface area contributed by atoms with Gasteiger partial charge in [-0.3, -0.25) is 14.9 Å². The number of aliphatic hydroxyl groups is 1. The second-order valence-electron chi connectivity index (χ2n) is 4.15. The van der Waals surface area contributed by atoms with Gasteiger partial charge in [0, 0.05) is 24.4 Å². The number of hydrogen-bond acceptors (Lipinski definition) is 5. The molecule has 1 heterocycles.